The van der Waals surface area contributed by atoms with E-state index >= 15 is 0 Å². The van der Waals surface area contributed by atoms with E-state index in [0.717, 1.165) is 16.8 Å². The number of aryl methyl sites for hydroxylation is 2. The average molecular weight is 320 g/mol. The van der Waals surface area contributed by atoms with Gasteiger partial charge < -0.3 is 4.74 Å². The van der Waals surface area contributed by atoms with Crippen molar-refractivity contribution in [2.24, 2.45) is 7.05 Å². The Morgan fingerprint density at radius 1 is 1.32 bits per heavy atom. The molecule has 0 saturated carbocycles. The molecule has 1 aromatic carbocycles. The molecule has 0 amide bonds. The lowest BCUT2D eigenvalue weighted by Crippen LogP contribution is -1.99. The van der Waals surface area contributed by atoms with Gasteiger partial charge in [0.05, 0.1) is 11.6 Å². The number of ether oxygens (including phenoxy) is 1. The van der Waals surface area contributed by atoms with Crippen LogP contribution in [0.25, 0.3) is 0 Å². The van der Waals surface area contributed by atoms with Crippen molar-refractivity contribution < 1.29 is 4.74 Å². The van der Waals surface area contributed by atoms with Crippen molar-refractivity contribution in [3.05, 3.63) is 45.2 Å². The number of aromatic nitrogens is 2. The van der Waals surface area contributed by atoms with Gasteiger partial charge in [-0.3, -0.25) is 4.68 Å². The molecule has 0 bridgehead atoms. The van der Waals surface area contributed by atoms with E-state index in [1.54, 1.807) is 29.9 Å². The number of halogens is 3. The fourth-order valence-electron chi connectivity index (χ4n) is 1.78. The molecule has 1 heterocycles. The molecule has 19 heavy (non-hydrogen) atoms. The van der Waals surface area contributed by atoms with Crippen LogP contribution in [-0.4, -0.2) is 9.78 Å². The SMILES string of the molecule is Cc1nn(C)c(Cl)c1COc1ccc(Cl)cc1CCl. The Kier molecular flexibility index (Phi) is 4.61. The van der Waals surface area contributed by atoms with Crippen LogP contribution < -0.4 is 4.74 Å². The minimum Gasteiger partial charge on any atom is -0.488 e. The maximum atomic E-state index is 6.15. The van der Waals surface area contributed by atoms with Crippen LogP contribution >= 0.6 is 34.8 Å². The molecule has 102 valence electrons. The molecule has 3 nitrogen and oxygen atoms in total. The van der Waals surface area contributed by atoms with Crippen LogP contribution in [-0.2, 0) is 19.5 Å². The van der Waals surface area contributed by atoms with E-state index in [1.807, 2.05) is 6.92 Å². The predicted molar refractivity (Wildman–Crippen MR) is 78.3 cm³/mol. The van der Waals surface area contributed by atoms with Gasteiger partial charge in [-0.2, -0.15) is 5.10 Å². The molecule has 0 atom stereocenters. The van der Waals surface area contributed by atoms with Crippen molar-refractivity contribution in [3.8, 4) is 5.75 Å². The van der Waals surface area contributed by atoms with E-state index in [2.05, 4.69) is 5.10 Å². The zero-order valence-corrected chi connectivity index (χ0v) is 12.9. The fourth-order valence-corrected chi connectivity index (χ4v) is 2.41. The van der Waals surface area contributed by atoms with Gasteiger partial charge in [0, 0.05) is 23.2 Å². The van der Waals surface area contributed by atoms with Gasteiger partial charge >= 0.3 is 0 Å². The second kappa shape index (κ2) is 6.04. The average Bonchev–Trinajstić information content (AvgIpc) is 2.62. The Morgan fingerprint density at radius 3 is 2.63 bits per heavy atom. The first-order valence-corrected chi connectivity index (χ1v) is 6.97. The summed E-state index contributed by atoms with van der Waals surface area (Å²) in [6.07, 6.45) is 0. The molecular weight excluding hydrogens is 307 g/mol. The van der Waals surface area contributed by atoms with E-state index in [9.17, 15) is 0 Å². The standard InChI is InChI=1S/C13H13Cl3N2O/c1-8-11(13(16)18(2)17-8)7-19-12-4-3-10(15)5-9(12)6-14/h3-5H,6-7H2,1-2H3. The molecule has 1 aromatic heterocycles. The van der Waals surface area contributed by atoms with E-state index in [1.165, 1.54) is 0 Å². The van der Waals surface area contributed by atoms with Crippen LogP contribution in [0.1, 0.15) is 16.8 Å². The van der Waals surface area contributed by atoms with Crippen molar-refractivity contribution in [2.45, 2.75) is 19.4 Å². The number of hydrogen-bond donors (Lipinski definition) is 0. The van der Waals surface area contributed by atoms with Crippen molar-refractivity contribution >= 4 is 34.8 Å². The molecule has 0 aliphatic carbocycles. The molecule has 2 aromatic rings. The van der Waals surface area contributed by atoms with Crippen LogP contribution in [0.15, 0.2) is 18.2 Å². The third kappa shape index (κ3) is 3.16. The topological polar surface area (TPSA) is 27.1 Å². The maximum Gasteiger partial charge on any atom is 0.133 e. The monoisotopic (exact) mass is 318 g/mol. The van der Waals surface area contributed by atoms with Gasteiger partial charge in [-0.25, -0.2) is 0 Å². The summed E-state index contributed by atoms with van der Waals surface area (Å²) in [6.45, 7) is 2.25. The van der Waals surface area contributed by atoms with Gasteiger partial charge in [0.25, 0.3) is 0 Å². The van der Waals surface area contributed by atoms with Crippen molar-refractivity contribution in [2.75, 3.05) is 0 Å². The molecule has 6 heteroatoms. The maximum absolute atomic E-state index is 6.15. The van der Waals surface area contributed by atoms with Crippen molar-refractivity contribution in [3.63, 3.8) is 0 Å². The highest BCUT2D eigenvalue weighted by Crippen LogP contribution is 2.27. The highest BCUT2D eigenvalue weighted by molar-refractivity contribution is 6.31. The number of rotatable bonds is 4. The van der Waals surface area contributed by atoms with E-state index in [4.69, 9.17) is 39.5 Å². The minimum absolute atomic E-state index is 0.343. The molecular formula is C13H13Cl3N2O. The van der Waals surface area contributed by atoms with Gasteiger partial charge in [0.2, 0.25) is 0 Å². The summed E-state index contributed by atoms with van der Waals surface area (Å²) in [5.41, 5.74) is 2.58. The molecule has 0 unspecified atom stereocenters. The first-order chi connectivity index (χ1) is 9.02. The molecule has 0 saturated heterocycles. The van der Waals surface area contributed by atoms with E-state index in [0.29, 0.717) is 28.4 Å². The first-order valence-electron chi connectivity index (χ1n) is 5.68. The van der Waals surface area contributed by atoms with Crippen LogP contribution in [0, 0.1) is 6.92 Å². The van der Waals surface area contributed by atoms with Gasteiger partial charge in [-0.05, 0) is 25.1 Å². The lowest BCUT2D eigenvalue weighted by atomic mass is 10.2. The molecule has 0 radical (unpaired) electrons. The van der Waals surface area contributed by atoms with Gasteiger partial charge in [0.1, 0.15) is 17.5 Å². The third-order valence-corrected chi connectivity index (χ3v) is 3.80. The summed E-state index contributed by atoms with van der Waals surface area (Å²) in [5, 5.41) is 5.46. The van der Waals surface area contributed by atoms with Crippen molar-refractivity contribution in [1.82, 2.24) is 9.78 Å². The molecule has 2 rings (SSSR count). The fraction of sp³-hybridized carbons (Fsp3) is 0.308. The first kappa shape index (κ1) is 14.5. The Balaban J connectivity index is 2.19. The van der Waals surface area contributed by atoms with E-state index in [-0.39, 0.29) is 0 Å². The quantitative estimate of drug-likeness (QED) is 0.783. The summed E-state index contributed by atoms with van der Waals surface area (Å²) in [6, 6.07) is 5.37. The summed E-state index contributed by atoms with van der Waals surface area (Å²) in [4.78, 5) is 0. The summed E-state index contributed by atoms with van der Waals surface area (Å²) < 4.78 is 7.39. The molecule has 0 N–H and O–H groups in total. The summed E-state index contributed by atoms with van der Waals surface area (Å²) >= 11 is 17.9. The molecule has 0 aliphatic rings. The zero-order chi connectivity index (χ0) is 14.0. The second-order valence-corrected chi connectivity index (χ2v) is 5.21. The highest BCUT2D eigenvalue weighted by atomic mass is 35.5. The minimum atomic E-state index is 0.343. The number of hydrogen-bond acceptors (Lipinski definition) is 2. The summed E-state index contributed by atoms with van der Waals surface area (Å²) in [7, 11) is 1.80. The van der Waals surface area contributed by atoms with Gasteiger partial charge in [0.15, 0.2) is 0 Å². The molecule has 0 aliphatic heterocycles. The third-order valence-electron chi connectivity index (χ3n) is 2.81. The Labute approximate surface area is 127 Å². The van der Waals surface area contributed by atoms with E-state index < -0.39 is 0 Å². The molecule has 0 spiro atoms. The lowest BCUT2D eigenvalue weighted by Gasteiger charge is -2.10. The number of alkyl halides is 1. The smallest absolute Gasteiger partial charge is 0.133 e. The van der Waals surface area contributed by atoms with Crippen LogP contribution in [0.4, 0.5) is 0 Å². The summed E-state index contributed by atoms with van der Waals surface area (Å²) in [5.74, 6) is 1.05. The van der Waals surface area contributed by atoms with Gasteiger partial charge in [-0.15, -0.1) is 11.6 Å². The Morgan fingerprint density at radius 2 is 2.05 bits per heavy atom. The number of benzene rings is 1. The predicted octanol–water partition coefficient (Wildman–Crippen LogP) is 4.35. The molecule has 0 fully saturated rings. The van der Waals surface area contributed by atoms with Crippen LogP contribution in [0.3, 0.4) is 0 Å². The number of nitrogens with zero attached hydrogens (tertiary/aromatic N) is 2. The second-order valence-electron chi connectivity index (χ2n) is 4.15. The lowest BCUT2D eigenvalue weighted by molar-refractivity contribution is 0.303. The van der Waals surface area contributed by atoms with Crippen molar-refractivity contribution in [1.29, 1.82) is 0 Å². The Hall–Kier alpha value is -0.900. The largest absolute Gasteiger partial charge is 0.488 e. The highest BCUT2D eigenvalue weighted by Gasteiger charge is 2.12. The van der Waals surface area contributed by atoms with Crippen LogP contribution in [0.5, 0.6) is 5.75 Å². The Bertz CT molecular complexity index is 596. The van der Waals surface area contributed by atoms with Gasteiger partial charge in [-0.1, -0.05) is 23.2 Å². The van der Waals surface area contributed by atoms with Crippen LogP contribution in [0.2, 0.25) is 10.2 Å². The zero-order valence-electron chi connectivity index (χ0n) is 10.6. The normalized spacial score (nSPS) is 10.8.